The summed E-state index contributed by atoms with van der Waals surface area (Å²) in [6.45, 7) is 2.36. The summed E-state index contributed by atoms with van der Waals surface area (Å²) < 4.78 is 6.33. The zero-order chi connectivity index (χ0) is 14.2. The monoisotopic (exact) mass is 286 g/mol. The van der Waals surface area contributed by atoms with Gasteiger partial charge >= 0.3 is 5.97 Å². The maximum absolute atomic E-state index is 12.8. The quantitative estimate of drug-likeness (QED) is 0.564. The Labute approximate surface area is 127 Å². The number of carbonyl (C=O) groups excluding carboxylic acids is 1. The van der Waals surface area contributed by atoms with E-state index in [0.29, 0.717) is 11.8 Å². The van der Waals surface area contributed by atoms with Crippen LogP contribution in [-0.4, -0.2) is 11.6 Å². The van der Waals surface area contributed by atoms with Crippen molar-refractivity contribution in [3.8, 4) is 0 Å². The van der Waals surface area contributed by atoms with Crippen molar-refractivity contribution >= 4 is 5.97 Å². The largest absolute Gasteiger partial charge is 0.459 e. The molecule has 21 heavy (non-hydrogen) atoms. The molecule has 0 radical (unpaired) electrons. The van der Waals surface area contributed by atoms with Crippen molar-refractivity contribution in [3.63, 3.8) is 0 Å². The summed E-state index contributed by atoms with van der Waals surface area (Å²) in [6.07, 6.45) is 12.1. The molecule has 6 aliphatic rings. The lowest BCUT2D eigenvalue weighted by Crippen LogP contribution is -2.58. The zero-order valence-corrected chi connectivity index (χ0v) is 13.0. The molecule has 0 amide bonds. The normalized spacial score (nSPS) is 53.1. The first-order chi connectivity index (χ1) is 10.1. The van der Waals surface area contributed by atoms with Gasteiger partial charge in [0, 0.05) is 0 Å². The molecule has 2 heteroatoms. The van der Waals surface area contributed by atoms with Gasteiger partial charge in [-0.05, 0) is 81.0 Å². The highest BCUT2D eigenvalue weighted by Crippen LogP contribution is 2.60. The first-order valence-electron chi connectivity index (χ1n) is 9.04. The molecule has 5 fully saturated rings. The second-order valence-corrected chi connectivity index (χ2v) is 8.75. The lowest BCUT2D eigenvalue weighted by molar-refractivity contribution is -0.210. The van der Waals surface area contributed by atoms with E-state index in [1.165, 1.54) is 24.8 Å². The van der Waals surface area contributed by atoms with Crippen LogP contribution in [0, 0.1) is 35.5 Å². The minimum Gasteiger partial charge on any atom is -0.459 e. The fraction of sp³-hybridized carbons (Fsp3) is 0.842. The summed E-state index contributed by atoms with van der Waals surface area (Å²) in [5.74, 6) is 4.00. The Balaban J connectivity index is 1.37. The fourth-order valence-corrected chi connectivity index (χ4v) is 6.69. The van der Waals surface area contributed by atoms with E-state index >= 15 is 0 Å². The third kappa shape index (κ3) is 1.74. The highest BCUT2D eigenvalue weighted by Gasteiger charge is 2.58. The highest BCUT2D eigenvalue weighted by molar-refractivity contribution is 5.75. The van der Waals surface area contributed by atoms with Crippen LogP contribution in [0.3, 0.4) is 0 Å². The van der Waals surface area contributed by atoms with E-state index in [1.807, 2.05) is 0 Å². The molecule has 0 heterocycles. The van der Waals surface area contributed by atoms with E-state index in [-0.39, 0.29) is 17.5 Å². The van der Waals surface area contributed by atoms with Gasteiger partial charge in [-0.1, -0.05) is 18.6 Å². The Morgan fingerprint density at radius 1 is 1.14 bits per heavy atom. The topological polar surface area (TPSA) is 26.3 Å². The minimum absolute atomic E-state index is 0.0813. The average molecular weight is 286 g/mol. The van der Waals surface area contributed by atoms with Crippen molar-refractivity contribution in [1.29, 1.82) is 0 Å². The van der Waals surface area contributed by atoms with Gasteiger partial charge in [-0.3, -0.25) is 4.79 Å². The summed E-state index contributed by atoms with van der Waals surface area (Å²) in [7, 11) is 0. The number of carbonyl (C=O) groups is 1. The molecule has 0 aromatic heterocycles. The van der Waals surface area contributed by atoms with E-state index in [9.17, 15) is 4.79 Å². The van der Waals surface area contributed by atoms with E-state index in [4.69, 9.17) is 4.74 Å². The van der Waals surface area contributed by atoms with Gasteiger partial charge in [-0.25, -0.2) is 0 Å². The Morgan fingerprint density at radius 2 is 1.90 bits per heavy atom. The van der Waals surface area contributed by atoms with Gasteiger partial charge in [0.25, 0.3) is 0 Å². The molecule has 2 nitrogen and oxygen atoms in total. The molecule has 0 saturated heterocycles. The average Bonchev–Trinajstić information content (AvgIpc) is 3.06. The SMILES string of the molecule is CC1C2CC3CC(C2)CC1(OC(=O)C1CC2=CCC1C2)C3. The summed E-state index contributed by atoms with van der Waals surface area (Å²) in [4.78, 5) is 12.8. The van der Waals surface area contributed by atoms with E-state index in [1.54, 1.807) is 0 Å². The molecule has 5 atom stereocenters. The molecule has 0 aliphatic heterocycles. The van der Waals surface area contributed by atoms with Crippen LogP contribution < -0.4 is 0 Å². The molecular weight excluding hydrogens is 260 g/mol. The number of esters is 1. The molecule has 6 rings (SSSR count). The van der Waals surface area contributed by atoms with Crippen LogP contribution in [-0.2, 0) is 9.53 Å². The Bertz CT molecular complexity index is 506. The molecule has 114 valence electrons. The number of rotatable bonds is 2. The van der Waals surface area contributed by atoms with Gasteiger partial charge in [0.15, 0.2) is 0 Å². The molecule has 6 bridgehead atoms. The second kappa shape index (κ2) is 4.14. The Morgan fingerprint density at radius 3 is 2.52 bits per heavy atom. The summed E-state index contributed by atoms with van der Waals surface area (Å²) in [5.41, 5.74) is 1.43. The van der Waals surface area contributed by atoms with Crippen molar-refractivity contribution in [3.05, 3.63) is 11.6 Å². The van der Waals surface area contributed by atoms with Crippen molar-refractivity contribution < 1.29 is 9.53 Å². The molecular formula is C19H26O2. The van der Waals surface area contributed by atoms with Crippen LogP contribution in [0.15, 0.2) is 11.6 Å². The first-order valence-corrected chi connectivity index (χ1v) is 9.04. The van der Waals surface area contributed by atoms with Gasteiger partial charge in [-0.15, -0.1) is 0 Å². The smallest absolute Gasteiger partial charge is 0.310 e. The van der Waals surface area contributed by atoms with Crippen molar-refractivity contribution in [2.75, 3.05) is 0 Å². The number of hydrogen-bond donors (Lipinski definition) is 0. The maximum Gasteiger partial charge on any atom is 0.310 e. The molecule has 0 aromatic carbocycles. The van der Waals surface area contributed by atoms with Crippen LogP contribution in [0.25, 0.3) is 0 Å². The van der Waals surface area contributed by atoms with E-state index in [2.05, 4.69) is 13.0 Å². The predicted molar refractivity (Wildman–Crippen MR) is 80.5 cm³/mol. The van der Waals surface area contributed by atoms with Gasteiger partial charge in [0.2, 0.25) is 0 Å². The summed E-state index contributed by atoms with van der Waals surface area (Å²) >= 11 is 0. The van der Waals surface area contributed by atoms with Crippen LogP contribution in [0.4, 0.5) is 0 Å². The van der Waals surface area contributed by atoms with Crippen molar-refractivity contribution in [2.24, 2.45) is 35.5 Å². The van der Waals surface area contributed by atoms with Gasteiger partial charge in [0.1, 0.15) is 5.60 Å². The molecule has 0 N–H and O–H groups in total. The molecule has 0 aromatic rings. The summed E-state index contributed by atoms with van der Waals surface area (Å²) in [6, 6.07) is 0. The van der Waals surface area contributed by atoms with Gasteiger partial charge in [0.05, 0.1) is 5.92 Å². The Hall–Kier alpha value is -0.790. The predicted octanol–water partition coefficient (Wildman–Crippen LogP) is 4.10. The highest BCUT2D eigenvalue weighted by atomic mass is 16.6. The lowest BCUT2D eigenvalue weighted by atomic mass is 9.50. The minimum atomic E-state index is -0.0813. The van der Waals surface area contributed by atoms with E-state index in [0.717, 1.165) is 49.9 Å². The number of hydrogen-bond acceptors (Lipinski definition) is 2. The molecule has 6 aliphatic carbocycles. The van der Waals surface area contributed by atoms with Gasteiger partial charge in [-0.2, -0.15) is 0 Å². The molecule has 5 saturated carbocycles. The van der Waals surface area contributed by atoms with Crippen LogP contribution in [0.1, 0.15) is 58.3 Å². The van der Waals surface area contributed by atoms with Gasteiger partial charge < -0.3 is 4.74 Å². The van der Waals surface area contributed by atoms with E-state index < -0.39 is 0 Å². The number of allylic oxidation sites excluding steroid dienone is 2. The first kappa shape index (κ1) is 12.7. The van der Waals surface area contributed by atoms with Crippen LogP contribution >= 0.6 is 0 Å². The molecule has 0 spiro atoms. The van der Waals surface area contributed by atoms with Crippen LogP contribution in [0.2, 0.25) is 0 Å². The lowest BCUT2D eigenvalue weighted by Gasteiger charge is -2.59. The second-order valence-electron chi connectivity index (χ2n) is 8.75. The van der Waals surface area contributed by atoms with Crippen LogP contribution in [0.5, 0.6) is 0 Å². The Kier molecular flexibility index (Phi) is 2.51. The third-order valence-electron chi connectivity index (χ3n) is 7.64. The fourth-order valence-electron chi connectivity index (χ4n) is 6.69. The summed E-state index contributed by atoms with van der Waals surface area (Å²) in [5, 5.41) is 0. The molecule has 5 unspecified atom stereocenters. The number of ether oxygens (including phenoxy) is 1. The number of fused-ring (bicyclic) bond motifs is 2. The standard InChI is InChI=1S/C19H26O2/c1-11-16-6-13-4-14(7-16)10-19(11,9-13)21-18(20)17-8-12-2-3-15(17)5-12/h2,11,13-17H,3-10H2,1H3. The van der Waals surface area contributed by atoms with Crippen molar-refractivity contribution in [1.82, 2.24) is 0 Å². The zero-order valence-electron chi connectivity index (χ0n) is 13.0. The third-order valence-corrected chi connectivity index (χ3v) is 7.64. The van der Waals surface area contributed by atoms with Crippen molar-refractivity contribution in [2.45, 2.75) is 63.9 Å². The maximum atomic E-state index is 12.8.